The van der Waals surface area contributed by atoms with Crippen molar-refractivity contribution in [3.8, 4) is 0 Å². The van der Waals surface area contributed by atoms with E-state index in [0.29, 0.717) is 12.1 Å². The highest BCUT2D eigenvalue weighted by Crippen LogP contribution is 2.13. The summed E-state index contributed by atoms with van der Waals surface area (Å²) in [7, 11) is 0. The lowest BCUT2D eigenvalue weighted by Crippen LogP contribution is -2.04. The molecule has 1 aromatic carbocycles. The number of hydrogen-bond donors (Lipinski definition) is 1. The standard InChI is InChI=1S/C14H16N2O2/c1-9-10(2)15-16(11(9)3)8-12-4-6-13(7-5-12)14(17)18/h4-7H,8H2,1-3H3,(H,17,18). The van der Waals surface area contributed by atoms with Crippen LogP contribution in [-0.4, -0.2) is 20.9 Å². The minimum atomic E-state index is -0.900. The van der Waals surface area contributed by atoms with Crippen LogP contribution < -0.4 is 0 Å². The number of hydrogen-bond acceptors (Lipinski definition) is 2. The SMILES string of the molecule is Cc1nn(Cc2ccc(C(=O)O)cc2)c(C)c1C. The molecule has 0 aliphatic carbocycles. The fourth-order valence-corrected chi connectivity index (χ4v) is 1.87. The summed E-state index contributed by atoms with van der Waals surface area (Å²) >= 11 is 0. The first-order valence-corrected chi connectivity index (χ1v) is 5.82. The molecule has 0 aliphatic heterocycles. The Morgan fingerprint density at radius 2 is 1.83 bits per heavy atom. The molecule has 94 valence electrons. The molecule has 2 rings (SSSR count). The second-order valence-corrected chi connectivity index (χ2v) is 4.46. The topological polar surface area (TPSA) is 55.1 Å². The quantitative estimate of drug-likeness (QED) is 0.902. The highest BCUT2D eigenvalue weighted by Gasteiger charge is 2.08. The molecule has 18 heavy (non-hydrogen) atoms. The molecule has 0 aliphatic rings. The maximum atomic E-state index is 10.8. The molecule has 0 radical (unpaired) electrons. The van der Waals surface area contributed by atoms with E-state index in [-0.39, 0.29) is 0 Å². The van der Waals surface area contributed by atoms with E-state index in [0.717, 1.165) is 17.0 Å². The molecule has 1 N–H and O–H groups in total. The summed E-state index contributed by atoms with van der Waals surface area (Å²) in [6, 6.07) is 6.90. The van der Waals surface area contributed by atoms with Crippen molar-refractivity contribution in [3.05, 3.63) is 52.3 Å². The van der Waals surface area contributed by atoms with E-state index in [1.807, 2.05) is 30.7 Å². The van der Waals surface area contributed by atoms with Crippen molar-refractivity contribution in [1.29, 1.82) is 0 Å². The number of benzene rings is 1. The van der Waals surface area contributed by atoms with Gasteiger partial charge in [0.05, 0.1) is 17.8 Å². The Morgan fingerprint density at radius 3 is 2.28 bits per heavy atom. The Balaban J connectivity index is 2.23. The van der Waals surface area contributed by atoms with Crippen LogP contribution in [0.15, 0.2) is 24.3 Å². The summed E-state index contributed by atoms with van der Waals surface area (Å²) in [5, 5.41) is 13.3. The van der Waals surface area contributed by atoms with Crippen molar-refractivity contribution in [1.82, 2.24) is 9.78 Å². The molecule has 0 atom stereocenters. The van der Waals surface area contributed by atoms with Crippen LogP contribution in [-0.2, 0) is 6.54 Å². The Morgan fingerprint density at radius 1 is 1.22 bits per heavy atom. The van der Waals surface area contributed by atoms with E-state index < -0.39 is 5.97 Å². The van der Waals surface area contributed by atoms with Crippen LogP contribution in [0.3, 0.4) is 0 Å². The maximum Gasteiger partial charge on any atom is 0.335 e. The van der Waals surface area contributed by atoms with Gasteiger partial charge in [0.1, 0.15) is 0 Å². The van der Waals surface area contributed by atoms with E-state index in [9.17, 15) is 4.79 Å². The summed E-state index contributed by atoms with van der Waals surface area (Å²) in [6.45, 7) is 6.76. The fourth-order valence-electron chi connectivity index (χ4n) is 1.87. The van der Waals surface area contributed by atoms with Crippen molar-refractivity contribution in [2.75, 3.05) is 0 Å². The molecule has 0 amide bonds. The molecular weight excluding hydrogens is 228 g/mol. The van der Waals surface area contributed by atoms with Gasteiger partial charge in [-0.2, -0.15) is 5.10 Å². The fraction of sp³-hybridized carbons (Fsp3) is 0.286. The number of carbonyl (C=O) groups is 1. The zero-order chi connectivity index (χ0) is 13.3. The number of aromatic carboxylic acids is 1. The Bertz CT molecular complexity index is 583. The molecule has 4 nitrogen and oxygen atoms in total. The number of aromatic nitrogens is 2. The highest BCUT2D eigenvalue weighted by molar-refractivity contribution is 5.87. The lowest BCUT2D eigenvalue weighted by atomic mass is 10.1. The molecule has 0 bridgehead atoms. The third-order valence-electron chi connectivity index (χ3n) is 3.28. The van der Waals surface area contributed by atoms with E-state index in [2.05, 4.69) is 12.0 Å². The van der Waals surface area contributed by atoms with Gasteiger partial charge in [0.2, 0.25) is 0 Å². The average Bonchev–Trinajstić information content (AvgIpc) is 2.58. The van der Waals surface area contributed by atoms with Gasteiger partial charge in [-0.3, -0.25) is 4.68 Å². The molecule has 1 aromatic heterocycles. The van der Waals surface area contributed by atoms with E-state index >= 15 is 0 Å². The Labute approximate surface area is 106 Å². The van der Waals surface area contributed by atoms with Gasteiger partial charge in [-0.1, -0.05) is 12.1 Å². The first kappa shape index (κ1) is 12.4. The number of aryl methyl sites for hydroxylation is 1. The number of carboxylic acids is 1. The predicted octanol–water partition coefficient (Wildman–Crippen LogP) is 2.55. The van der Waals surface area contributed by atoms with Crippen LogP contribution in [0.25, 0.3) is 0 Å². The van der Waals surface area contributed by atoms with Crippen LogP contribution in [0.2, 0.25) is 0 Å². The minimum Gasteiger partial charge on any atom is -0.478 e. The second kappa shape index (κ2) is 4.64. The lowest BCUT2D eigenvalue weighted by Gasteiger charge is -2.05. The molecule has 0 spiro atoms. The van der Waals surface area contributed by atoms with Crippen LogP contribution >= 0.6 is 0 Å². The van der Waals surface area contributed by atoms with Gasteiger partial charge in [-0.25, -0.2) is 4.79 Å². The maximum absolute atomic E-state index is 10.8. The minimum absolute atomic E-state index is 0.309. The summed E-state index contributed by atoms with van der Waals surface area (Å²) in [5.41, 5.74) is 4.75. The molecule has 4 heteroatoms. The molecule has 2 aromatic rings. The van der Waals surface area contributed by atoms with Gasteiger partial charge in [0.15, 0.2) is 0 Å². The van der Waals surface area contributed by atoms with Gasteiger partial charge in [-0.15, -0.1) is 0 Å². The van der Waals surface area contributed by atoms with Crippen LogP contribution in [0.5, 0.6) is 0 Å². The first-order valence-electron chi connectivity index (χ1n) is 5.82. The molecule has 0 saturated carbocycles. The predicted molar refractivity (Wildman–Crippen MR) is 68.9 cm³/mol. The molecule has 0 saturated heterocycles. The molecule has 0 fully saturated rings. The second-order valence-electron chi connectivity index (χ2n) is 4.46. The van der Waals surface area contributed by atoms with Gasteiger partial charge in [0, 0.05) is 5.69 Å². The smallest absolute Gasteiger partial charge is 0.335 e. The third kappa shape index (κ3) is 2.27. The zero-order valence-electron chi connectivity index (χ0n) is 10.8. The van der Waals surface area contributed by atoms with Crippen molar-refractivity contribution in [2.45, 2.75) is 27.3 Å². The van der Waals surface area contributed by atoms with Crippen molar-refractivity contribution in [2.24, 2.45) is 0 Å². The van der Waals surface area contributed by atoms with E-state index in [1.54, 1.807) is 12.1 Å². The van der Waals surface area contributed by atoms with Gasteiger partial charge < -0.3 is 5.11 Å². The summed E-state index contributed by atoms with van der Waals surface area (Å²) in [5.74, 6) is -0.900. The first-order chi connectivity index (χ1) is 8.49. The van der Waals surface area contributed by atoms with Gasteiger partial charge >= 0.3 is 5.97 Å². The van der Waals surface area contributed by atoms with Crippen LogP contribution in [0.4, 0.5) is 0 Å². The summed E-state index contributed by atoms with van der Waals surface area (Å²) < 4.78 is 1.94. The normalized spacial score (nSPS) is 10.6. The number of nitrogens with zero attached hydrogens (tertiary/aromatic N) is 2. The Hall–Kier alpha value is -2.10. The summed E-state index contributed by atoms with van der Waals surface area (Å²) in [6.07, 6.45) is 0. The molecular formula is C14H16N2O2. The monoisotopic (exact) mass is 244 g/mol. The summed E-state index contributed by atoms with van der Waals surface area (Å²) in [4.78, 5) is 10.8. The largest absolute Gasteiger partial charge is 0.478 e. The molecule has 1 heterocycles. The van der Waals surface area contributed by atoms with E-state index in [1.165, 1.54) is 5.56 Å². The molecule has 0 unspecified atom stereocenters. The average molecular weight is 244 g/mol. The van der Waals surface area contributed by atoms with Gasteiger partial charge in [-0.05, 0) is 44.0 Å². The van der Waals surface area contributed by atoms with Crippen LogP contribution in [0, 0.1) is 20.8 Å². The van der Waals surface area contributed by atoms with Crippen molar-refractivity contribution in [3.63, 3.8) is 0 Å². The van der Waals surface area contributed by atoms with E-state index in [4.69, 9.17) is 5.11 Å². The van der Waals surface area contributed by atoms with Crippen LogP contribution in [0.1, 0.15) is 32.9 Å². The highest BCUT2D eigenvalue weighted by atomic mass is 16.4. The number of carboxylic acid groups (broad SMARTS) is 1. The van der Waals surface area contributed by atoms with Crippen molar-refractivity contribution < 1.29 is 9.90 Å². The third-order valence-corrected chi connectivity index (χ3v) is 3.28. The van der Waals surface area contributed by atoms with Gasteiger partial charge in [0.25, 0.3) is 0 Å². The number of rotatable bonds is 3. The zero-order valence-corrected chi connectivity index (χ0v) is 10.8. The van der Waals surface area contributed by atoms with Crippen molar-refractivity contribution >= 4 is 5.97 Å². The Kier molecular flexibility index (Phi) is 3.19. The lowest BCUT2D eigenvalue weighted by molar-refractivity contribution is 0.0697.